The first kappa shape index (κ1) is 20.7. The van der Waals surface area contributed by atoms with Crippen LogP contribution in [0.5, 0.6) is 0 Å². The molecule has 0 spiro atoms. The van der Waals surface area contributed by atoms with Crippen molar-refractivity contribution < 1.29 is 4.79 Å². The molecule has 0 aliphatic rings. The Morgan fingerprint density at radius 1 is 0.724 bits per heavy atom. The normalized spacial score (nSPS) is 11.9. The molecule has 0 N–H and O–H groups in total. The fourth-order valence-corrected chi connectivity index (χ4v) is 4.51. The maximum Gasteiger partial charge on any atom is 0.176 e. The summed E-state index contributed by atoms with van der Waals surface area (Å²) >= 11 is 0. The van der Waals surface area contributed by atoms with Gasteiger partial charge in [-0.05, 0) is 43.8 Å². The molecule has 29 heavy (non-hydrogen) atoms. The number of carbonyl (C=O) groups excluding carboxylic acids is 1. The first-order chi connectivity index (χ1) is 13.9. The van der Waals surface area contributed by atoms with E-state index >= 15 is 0 Å². The minimum Gasteiger partial charge on any atom is -0.295 e. The van der Waals surface area contributed by atoms with Crippen molar-refractivity contribution in [2.24, 2.45) is 5.10 Å². The number of rotatable bonds is 8. The second kappa shape index (κ2) is 9.48. The second-order valence-electron chi connectivity index (χ2n) is 8.02. The molecule has 4 heteroatoms. The summed E-state index contributed by atoms with van der Waals surface area (Å²) in [5, 5.41) is 5.11. The van der Waals surface area contributed by atoms with Crippen LogP contribution in [0.3, 0.4) is 0 Å². The lowest BCUT2D eigenvalue weighted by molar-refractivity contribution is 0.0985. The van der Waals surface area contributed by atoms with Crippen molar-refractivity contribution >= 4 is 25.4 Å². The predicted molar refractivity (Wildman–Crippen MR) is 125 cm³/mol. The van der Waals surface area contributed by atoms with Gasteiger partial charge in [-0.25, -0.2) is 0 Å². The lowest BCUT2D eigenvalue weighted by Crippen LogP contribution is -2.43. The van der Waals surface area contributed by atoms with Gasteiger partial charge in [0.15, 0.2) is 14.0 Å². The molecule has 0 aliphatic carbocycles. The first-order valence-corrected chi connectivity index (χ1v) is 13.5. The summed E-state index contributed by atoms with van der Waals surface area (Å²) in [6, 6.07) is 30.0. The maximum absolute atomic E-state index is 12.7. The Labute approximate surface area is 174 Å². The third-order valence-electron chi connectivity index (χ3n) is 4.65. The number of Topliss-reactive ketones (excluding diaryl/α,β-unsaturated/α-hetero) is 1. The quantitative estimate of drug-likeness (QED) is 0.190. The van der Waals surface area contributed by atoms with Crippen LogP contribution in [-0.4, -0.2) is 19.7 Å². The Kier molecular flexibility index (Phi) is 6.78. The molecular formula is C25H28N2OSi. The fourth-order valence-electron chi connectivity index (χ4n) is 3.17. The van der Waals surface area contributed by atoms with Gasteiger partial charge in [0, 0.05) is 17.7 Å². The van der Waals surface area contributed by atoms with Crippen molar-refractivity contribution in [2.45, 2.75) is 32.5 Å². The van der Waals surface area contributed by atoms with E-state index < -0.39 is 8.24 Å². The van der Waals surface area contributed by atoms with Crippen LogP contribution in [0.2, 0.25) is 19.6 Å². The third-order valence-corrected chi connectivity index (χ3v) is 6.28. The zero-order valence-corrected chi connectivity index (χ0v) is 18.4. The average molecular weight is 401 g/mol. The molecule has 3 rings (SSSR count). The van der Waals surface area contributed by atoms with E-state index in [9.17, 15) is 4.79 Å². The van der Waals surface area contributed by atoms with Crippen LogP contribution in [0.15, 0.2) is 96.1 Å². The molecule has 148 valence electrons. The number of hydrogen-bond acceptors (Lipinski definition) is 3. The number of hydrazone groups is 1. The third kappa shape index (κ3) is 5.75. The molecule has 3 aromatic carbocycles. The molecule has 0 amide bonds. The van der Waals surface area contributed by atoms with Crippen molar-refractivity contribution in [2.75, 3.05) is 4.67 Å². The highest BCUT2D eigenvalue weighted by molar-refractivity contribution is 6.79. The molecule has 3 aromatic rings. The Morgan fingerprint density at radius 3 is 1.72 bits per heavy atom. The van der Waals surface area contributed by atoms with Gasteiger partial charge in [0.2, 0.25) is 0 Å². The Hall–Kier alpha value is -2.98. The average Bonchev–Trinajstić information content (AvgIpc) is 2.74. The molecule has 0 saturated heterocycles. The van der Waals surface area contributed by atoms with Crippen LogP contribution in [0, 0.1) is 0 Å². The van der Waals surface area contributed by atoms with Gasteiger partial charge in [-0.15, -0.1) is 0 Å². The number of para-hydroxylation sites is 1. The SMILES string of the molecule is C[Si](C)(C)N(N=C(CCC(=O)c1ccccc1)c1ccccc1)c1ccccc1. The molecule has 0 aliphatic heterocycles. The van der Waals surface area contributed by atoms with Gasteiger partial charge in [0.25, 0.3) is 0 Å². The van der Waals surface area contributed by atoms with Gasteiger partial charge in [0.1, 0.15) is 0 Å². The number of carbonyl (C=O) groups is 1. The van der Waals surface area contributed by atoms with Crippen LogP contribution in [-0.2, 0) is 0 Å². The zero-order chi connectivity index (χ0) is 20.7. The lowest BCUT2D eigenvalue weighted by atomic mass is 10.0. The highest BCUT2D eigenvalue weighted by Crippen LogP contribution is 2.23. The second-order valence-corrected chi connectivity index (χ2v) is 12.8. The van der Waals surface area contributed by atoms with Crippen LogP contribution in [0.4, 0.5) is 5.69 Å². The summed E-state index contributed by atoms with van der Waals surface area (Å²) in [5.74, 6) is 0.147. The topological polar surface area (TPSA) is 32.7 Å². The molecule has 3 nitrogen and oxygen atoms in total. The van der Waals surface area contributed by atoms with Gasteiger partial charge < -0.3 is 0 Å². The highest BCUT2D eigenvalue weighted by Gasteiger charge is 2.25. The zero-order valence-electron chi connectivity index (χ0n) is 17.4. The minimum atomic E-state index is -1.78. The smallest absolute Gasteiger partial charge is 0.176 e. The number of ketones is 1. The predicted octanol–water partition coefficient (Wildman–Crippen LogP) is 6.40. The summed E-state index contributed by atoms with van der Waals surface area (Å²) < 4.78 is 2.18. The lowest BCUT2D eigenvalue weighted by Gasteiger charge is -2.32. The van der Waals surface area contributed by atoms with Crippen LogP contribution < -0.4 is 4.67 Å². The molecule has 0 aromatic heterocycles. The van der Waals surface area contributed by atoms with Crippen LogP contribution >= 0.6 is 0 Å². The van der Waals surface area contributed by atoms with Crippen molar-refractivity contribution in [3.63, 3.8) is 0 Å². The Balaban J connectivity index is 1.93. The van der Waals surface area contributed by atoms with E-state index in [0.717, 1.165) is 22.5 Å². The van der Waals surface area contributed by atoms with Crippen molar-refractivity contribution in [1.29, 1.82) is 0 Å². The largest absolute Gasteiger partial charge is 0.295 e. The molecule has 0 unspecified atom stereocenters. The molecule has 0 atom stereocenters. The number of nitrogens with zero attached hydrogens (tertiary/aromatic N) is 2. The molecule has 0 heterocycles. The first-order valence-electron chi connectivity index (χ1n) is 10.0. The van der Waals surface area contributed by atoms with Gasteiger partial charge in [-0.1, -0.05) is 78.9 Å². The molecule has 0 bridgehead atoms. The monoisotopic (exact) mass is 400 g/mol. The van der Waals surface area contributed by atoms with E-state index in [1.807, 2.05) is 66.7 Å². The van der Waals surface area contributed by atoms with E-state index in [-0.39, 0.29) is 5.78 Å². The van der Waals surface area contributed by atoms with E-state index in [1.54, 1.807) is 0 Å². The summed E-state index contributed by atoms with van der Waals surface area (Å²) in [6.07, 6.45) is 1.04. The van der Waals surface area contributed by atoms with Crippen molar-refractivity contribution in [3.05, 3.63) is 102 Å². The van der Waals surface area contributed by atoms with Crippen LogP contribution in [0.1, 0.15) is 28.8 Å². The van der Waals surface area contributed by atoms with E-state index in [1.165, 1.54) is 0 Å². The Bertz CT molecular complexity index is 948. The Morgan fingerprint density at radius 2 is 1.21 bits per heavy atom. The van der Waals surface area contributed by atoms with E-state index in [2.05, 4.69) is 48.6 Å². The fraction of sp³-hybridized carbons (Fsp3) is 0.200. The minimum absolute atomic E-state index is 0.147. The molecule has 0 saturated carbocycles. The summed E-state index contributed by atoms with van der Waals surface area (Å²) in [6.45, 7) is 6.84. The van der Waals surface area contributed by atoms with Gasteiger partial charge in [-0.2, -0.15) is 5.10 Å². The summed E-state index contributed by atoms with van der Waals surface area (Å²) in [5.41, 5.74) is 3.85. The molecular weight excluding hydrogens is 372 g/mol. The van der Waals surface area contributed by atoms with Gasteiger partial charge >= 0.3 is 0 Å². The number of hydrogen-bond donors (Lipinski definition) is 0. The van der Waals surface area contributed by atoms with E-state index in [4.69, 9.17) is 5.10 Å². The molecule has 0 fully saturated rings. The number of anilines is 1. The van der Waals surface area contributed by atoms with Gasteiger partial charge in [-0.3, -0.25) is 9.47 Å². The maximum atomic E-state index is 12.7. The highest BCUT2D eigenvalue weighted by atomic mass is 28.3. The number of benzene rings is 3. The van der Waals surface area contributed by atoms with E-state index in [0.29, 0.717) is 12.8 Å². The van der Waals surface area contributed by atoms with Crippen molar-refractivity contribution in [1.82, 2.24) is 0 Å². The van der Waals surface area contributed by atoms with Crippen molar-refractivity contribution in [3.8, 4) is 0 Å². The standard InChI is InChI=1S/C25H28N2OSi/c1-29(2,3)27(23-17-11-6-12-18-23)26-24(21-13-7-4-8-14-21)19-20-25(28)22-15-9-5-10-16-22/h4-18H,19-20H2,1-3H3. The summed E-state index contributed by atoms with van der Waals surface area (Å²) in [7, 11) is -1.78. The molecule has 0 radical (unpaired) electrons. The summed E-state index contributed by atoms with van der Waals surface area (Å²) in [4.78, 5) is 12.7. The van der Waals surface area contributed by atoms with Gasteiger partial charge in [0.05, 0.1) is 5.71 Å². The van der Waals surface area contributed by atoms with Crippen LogP contribution in [0.25, 0.3) is 0 Å².